The van der Waals surface area contributed by atoms with Gasteiger partial charge in [0.2, 0.25) is 0 Å². The molecule has 5 heteroatoms. The zero-order chi connectivity index (χ0) is 14.1. The van der Waals surface area contributed by atoms with E-state index in [-0.39, 0.29) is 5.91 Å². The number of piperidine rings is 1. The number of likely N-dealkylation sites (tertiary alicyclic amines) is 1. The zero-order valence-corrected chi connectivity index (χ0v) is 11.9. The van der Waals surface area contributed by atoms with Gasteiger partial charge in [0, 0.05) is 25.5 Å². The minimum Gasteiger partial charge on any atom is -0.469 e. The molecular weight excluding hydrogens is 254 g/mol. The largest absolute Gasteiger partial charge is 0.469 e. The number of aromatic nitrogens is 2. The number of hydrogen-bond acceptors (Lipinski definition) is 3. The van der Waals surface area contributed by atoms with Crippen LogP contribution in [0.5, 0.6) is 0 Å². The number of carbonyl (C=O) groups excluding carboxylic acids is 1. The molecule has 5 nitrogen and oxygen atoms in total. The van der Waals surface area contributed by atoms with Crippen LogP contribution in [0.1, 0.15) is 40.8 Å². The third-order valence-electron chi connectivity index (χ3n) is 4.03. The normalized spacial score (nSPS) is 19.3. The quantitative estimate of drug-likeness (QED) is 0.845. The SMILES string of the molecule is Cc1occc1C(=O)N1CCC[C@H](n2ccnc2C)C1. The topological polar surface area (TPSA) is 51.3 Å². The molecule has 1 saturated heterocycles. The fraction of sp³-hybridized carbons (Fsp3) is 0.467. The molecule has 0 spiro atoms. The number of nitrogens with zero attached hydrogens (tertiary/aromatic N) is 3. The van der Waals surface area contributed by atoms with Crippen LogP contribution in [0.4, 0.5) is 0 Å². The summed E-state index contributed by atoms with van der Waals surface area (Å²) in [5, 5.41) is 0. The lowest BCUT2D eigenvalue weighted by Gasteiger charge is -2.33. The molecule has 3 heterocycles. The van der Waals surface area contributed by atoms with E-state index in [1.807, 2.05) is 31.1 Å². The molecule has 2 aromatic heterocycles. The van der Waals surface area contributed by atoms with E-state index in [0.717, 1.165) is 31.8 Å². The fourth-order valence-corrected chi connectivity index (χ4v) is 2.92. The van der Waals surface area contributed by atoms with Gasteiger partial charge in [-0.1, -0.05) is 0 Å². The summed E-state index contributed by atoms with van der Waals surface area (Å²) in [5.41, 5.74) is 0.674. The van der Waals surface area contributed by atoms with Crippen molar-refractivity contribution in [1.82, 2.24) is 14.5 Å². The molecule has 3 rings (SSSR count). The Labute approximate surface area is 118 Å². The van der Waals surface area contributed by atoms with Crippen molar-refractivity contribution in [1.29, 1.82) is 0 Å². The highest BCUT2D eigenvalue weighted by molar-refractivity contribution is 5.95. The average molecular weight is 273 g/mol. The van der Waals surface area contributed by atoms with Crippen molar-refractivity contribution in [2.24, 2.45) is 0 Å². The molecule has 2 aromatic rings. The van der Waals surface area contributed by atoms with Crippen LogP contribution in [0.2, 0.25) is 0 Å². The first-order chi connectivity index (χ1) is 9.66. The van der Waals surface area contributed by atoms with Gasteiger partial charge in [-0.05, 0) is 32.8 Å². The first kappa shape index (κ1) is 13.0. The predicted octanol–water partition coefficient (Wildman–Crippen LogP) is 2.57. The monoisotopic (exact) mass is 273 g/mol. The summed E-state index contributed by atoms with van der Waals surface area (Å²) in [6.45, 7) is 5.38. The lowest BCUT2D eigenvalue weighted by Crippen LogP contribution is -2.40. The molecule has 0 aromatic carbocycles. The molecule has 0 bridgehead atoms. The number of imidazole rings is 1. The summed E-state index contributed by atoms with van der Waals surface area (Å²) < 4.78 is 7.40. The Morgan fingerprint density at radius 1 is 1.45 bits per heavy atom. The van der Waals surface area contributed by atoms with Crippen LogP contribution >= 0.6 is 0 Å². The van der Waals surface area contributed by atoms with E-state index in [2.05, 4.69) is 9.55 Å². The zero-order valence-electron chi connectivity index (χ0n) is 11.9. The lowest BCUT2D eigenvalue weighted by atomic mass is 10.0. The second kappa shape index (κ2) is 5.15. The van der Waals surface area contributed by atoms with Gasteiger partial charge < -0.3 is 13.9 Å². The maximum Gasteiger partial charge on any atom is 0.257 e. The number of aryl methyl sites for hydroxylation is 2. The summed E-state index contributed by atoms with van der Waals surface area (Å²) in [6.07, 6.45) is 7.49. The van der Waals surface area contributed by atoms with Crippen LogP contribution in [0.25, 0.3) is 0 Å². The van der Waals surface area contributed by atoms with Gasteiger partial charge >= 0.3 is 0 Å². The fourth-order valence-electron chi connectivity index (χ4n) is 2.92. The van der Waals surface area contributed by atoms with Crippen molar-refractivity contribution in [3.05, 3.63) is 41.9 Å². The second-order valence-corrected chi connectivity index (χ2v) is 5.32. The molecule has 0 aliphatic carbocycles. The smallest absolute Gasteiger partial charge is 0.257 e. The van der Waals surface area contributed by atoms with E-state index in [1.165, 1.54) is 0 Å². The van der Waals surface area contributed by atoms with Gasteiger partial charge in [-0.25, -0.2) is 4.98 Å². The van der Waals surface area contributed by atoms with E-state index >= 15 is 0 Å². The number of furan rings is 1. The number of amides is 1. The van der Waals surface area contributed by atoms with Crippen molar-refractivity contribution in [2.45, 2.75) is 32.7 Å². The van der Waals surface area contributed by atoms with Crippen molar-refractivity contribution < 1.29 is 9.21 Å². The molecule has 1 fully saturated rings. The van der Waals surface area contributed by atoms with Crippen molar-refractivity contribution in [3.63, 3.8) is 0 Å². The third kappa shape index (κ3) is 2.24. The molecule has 0 radical (unpaired) electrons. The summed E-state index contributed by atoms with van der Waals surface area (Å²) in [6, 6.07) is 2.08. The van der Waals surface area contributed by atoms with E-state index in [0.29, 0.717) is 17.4 Å². The molecule has 0 saturated carbocycles. The number of rotatable bonds is 2. The van der Waals surface area contributed by atoms with Crippen LogP contribution in [-0.4, -0.2) is 33.4 Å². The molecule has 0 N–H and O–H groups in total. The summed E-state index contributed by atoms with van der Waals surface area (Å²) in [7, 11) is 0. The predicted molar refractivity (Wildman–Crippen MR) is 74.6 cm³/mol. The Bertz CT molecular complexity index is 614. The van der Waals surface area contributed by atoms with E-state index < -0.39 is 0 Å². The molecule has 0 unspecified atom stereocenters. The van der Waals surface area contributed by atoms with Crippen LogP contribution in [-0.2, 0) is 0 Å². The molecule has 1 amide bonds. The highest BCUT2D eigenvalue weighted by Crippen LogP contribution is 2.24. The van der Waals surface area contributed by atoms with E-state index in [1.54, 1.807) is 12.3 Å². The Kier molecular flexibility index (Phi) is 3.34. The maximum absolute atomic E-state index is 12.5. The second-order valence-electron chi connectivity index (χ2n) is 5.32. The van der Waals surface area contributed by atoms with E-state index in [9.17, 15) is 4.79 Å². The molecular formula is C15H19N3O2. The molecule has 1 atom stereocenters. The van der Waals surface area contributed by atoms with Gasteiger partial charge in [-0.3, -0.25) is 4.79 Å². The molecule has 1 aliphatic rings. The van der Waals surface area contributed by atoms with Crippen LogP contribution in [0.3, 0.4) is 0 Å². The van der Waals surface area contributed by atoms with Gasteiger partial charge in [0.15, 0.2) is 0 Å². The van der Waals surface area contributed by atoms with Crippen LogP contribution < -0.4 is 0 Å². The van der Waals surface area contributed by atoms with Gasteiger partial charge in [0.25, 0.3) is 5.91 Å². The first-order valence-electron chi connectivity index (χ1n) is 6.99. The van der Waals surface area contributed by atoms with Crippen molar-refractivity contribution in [3.8, 4) is 0 Å². The molecule has 20 heavy (non-hydrogen) atoms. The maximum atomic E-state index is 12.5. The summed E-state index contributed by atoms with van der Waals surface area (Å²) in [4.78, 5) is 18.7. The van der Waals surface area contributed by atoms with Crippen LogP contribution in [0.15, 0.2) is 29.1 Å². The van der Waals surface area contributed by atoms with Gasteiger partial charge in [0.05, 0.1) is 17.9 Å². The minimum absolute atomic E-state index is 0.0683. The Morgan fingerprint density at radius 2 is 2.30 bits per heavy atom. The van der Waals surface area contributed by atoms with Gasteiger partial charge in [0.1, 0.15) is 11.6 Å². The summed E-state index contributed by atoms with van der Waals surface area (Å²) >= 11 is 0. The Morgan fingerprint density at radius 3 is 2.95 bits per heavy atom. The number of carbonyl (C=O) groups is 1. The molecule has 1 aliphatic heterocycles. The summed E-state index contributed by atoms with van der Waals surface area (Å²) in [5.74, 6) is 1.76. The van der Waals surface area contributed by atoms with E-state index in [4.69, 9.17) is 4.42 Å². The van der Waals surface area contributed by atoms with Gasteiger partial charge in [-0.15, -0.1) is 0 Å². The van der Waals surface area contributed by atoms with Crippen molar-refractivity contribution >= 4 is 5.91 Å². The van der Waals surface area contributed by atoms with Crippen LogP contribution in [0, 0.1) is 13.8 Å². The Hall–Kier alpha value is -2.04. The van der Waals surface area contributed by atoms with Crippen molar-refractivity contribution in [2.75, 3.05) is 13.1 Å². The van der Waals surface area contributed by atoms with Gasteiger partial charge in [-0.2, -0.15) is 0 Å². The Balaban J connectivity index is 1.77. The minimum atomic E-state index is 0.0683. The standard InChI is InChI=1S/C15H19N3O2/c1-11-14(5-9-20-11)15(19)17-7-3-4-13(10-17)18-8-6-16-12(18)2/h5-6,8-9,13H,3-4,7,10H2,1-2H3/t13-/m0/s1. The highest BCUT2D eigenvalue weighted by Gasteiger charge is 2.27. The lowest BCUT2D eigenvalue weighted by molar-refractivity contribution is 0.0676. The first-order valence-corrected chi connectivity index (χ1v) is 6.99. The third-order valence-corrected chi connectivity index (χ3v) is 4.03. The average Bonchev–Trinajstić information content (AvgIpc) is 3.07. The molecule has 106 valence electrons. The highest BCUT2D eigenvalue weighted by atomic mass is 16.3. The number of hydrogen-bond donors (Lipinski definition) is 0.